The normalized spacial score (nSPS) is 23.0. The number of aldehydes is 1. The summed E-state index contributed by atoms with van der Waals surface area (Å²) in [5, 5.41) is 4.57. The highest BCUT2D eigenvalue weighted by Gasteiger charge is 2.42. The Morgan fingerprint density at radius 3 is 2.59 bits per heavy atom. The lowest BCUT2D eigenvalue weighted by molar-refractivity contribution is -0.185. The molecule has 1 aromatic carbocycles. The Balaban J connectivity index is 1.32. The first-order valence-corrected chi connectivity index (χ1v) is 14.9. The van der Waals surface area contributed by atoms with Crippen molar-refractivity contribution in [2.24, 2.45) is 16.8 Å². The monoisotopic (exact) mass is 564 g/mol. The molecule has 0 bridgehead atoms. The highest BCUT2D eigenvalue weighted by Crippen LogP contribution is 2.39. The van der Waals surface area contributed by atoms with Gasteiger partial charge in [0, 0.05) is 49.5 Å². The fraction of sp³-hybridized carbons (Fsp3) is 0.621. The first-order chi connectivity index (χ1) is 18.7. The number of rotatable bonds is 9. The fourth-order valence-electron chi connectivity index (χ4n) is 5.35. The van der Waals surface area contributed by atoms with E-state index in [0.717, 1.165) is 42.1 Å². The third-order valence-electron chi connectivity index (χ3n) is 8.03. The summed E-state index contributed by atoms with van der Waals surface area (Å²) < 4.78 is 39.2. The van der Waals surface area contributed by atoms with Crippen LogP contribution in [0.5, 0.6) is 0 Å². The van der Waals surface area contributed by atoms with Gasteiger partial charge in [-0.1, -0.05) is 42.8 Å². The lowest BCUT2D eigenvalue weighted by Gasteiger charge is -2.31. The van der Waals surface area contributed by atoms with E-state index >= 15 is 0 Å². The van der Waals surface area contributed by atoms with Gasteiger partial charge in [-0.3, -0.25) is 9.59 Å². The van der Waals surface area contributed by atoms with Gasteiger partial charge >= 0.3 is 6.18 Å². The lowest BCUT2D eigenvalue weighted by Crippen LogP contribution is -2.39. The van der Waals surface area contributed by atoms with Gasteiger partial charge in [-0.05, 0) is 56.7 Å². The number of benzene rings is 1. The molecular weight excluding hydrogens is 525 g/mol. The molecule has 1 aromatic rings. The molecule has 214 valence electrons. The molecule has 0 aromatic heterocycles. The number of amidine groups is 1. The summed E-state index contributed by atoms with van der Waals surface area (Å²) in [4.78, 5) is 33.6. The Kier molecular flexibility index (Phi) is 10.5. The summed E-state index contributed by atoms with van der Waals surface area (Å²) in [6.07, 6.45) is 2.75. The molecule has 1 N–H and O–H groups in total. The summed E-state index contributed by atoms with van der Waals surface area (Å²) >= 11 is 1.75. The van der Waals surface area contributed by atoms with Crippen molar-refractivity contribution in [1.29, 1.82) is 0 Å². The Morgan fingerprint density at radius 1 is 1.18 bits per heavy atom. The minimum Gasteiger partial charge on any atom is -0.338 e. The molecule has 1 aliphatic heterocycles. The van der Waals surface area contributed by atoms with Crippen molar-refractivity contribution in [3.63, 3.8) is 0 Å². The Labute approximate surface area is 233 Å². The van der Waals surface area contributed by atoms with Crippen molar-refractivity contribution in [2.75, 3.05) is 38.1 Å². The summed E-state index contributed by atoms with van der Waals surface area (Å²) in [5.74, 6) is -1.28. The molecule has 2 unspecified atom stereocenters. The molecule has 3 aliphatic rings. The molecule has 0 radical (unpaired) electrons. The topological polar surface area (TPSA) is 65.0 Å². The molecule has 2 aliphatic carbocycles. The molecule has 2 atom stereocenters. The number of aliphatic imine (C=N–C) groups is 1. The minimum absolute atomic E-state index is 0.0125. The van der Waals surface area contributed by atoms with Crippen molar-refractivity contribution in [3.05, 3.63) is 41.6 Å². The van der Waals surface area contributed by atoms with E-state index in [1.807, 2.05) is 37.4 Å². The minimum atomic E-state index is -4.12. The average Bonchev–Trinajstić information content (AvgIpc) is 2.92. The van der Waals surface area contributed by atoms with Crippen LogP contribution in [0.3, 0.4) is 0 Å². The van der Waals surface area contributed by atoms with Gasteiger partial charge in [-0.25, -0.2) is 4.99 Å². The van der Waals surface area contributed by atoms with Gasteiger partial charge in [0.25, 0.3) is 0 Å². The Bertz CT molecular complexity index is 1040. The van der Waals surface area contributed by atoms with Crippen molar-refractivity contribution >= 4 is 34.8 Å². The number of anilines is 1. The number of thioether (sulfide) groups is 1. The predicted octanol–water partition coefficient (Wildman–Crippen LogP) is 5.80. The van der Waals surface area contributed by atoms with Gasteiger partial charge in [0.15, 0.2) is 5.17 Å². The Hall–Kier alpha value is -2.33. The summed E-state index contributed by atoms with van der Waals surface area (Å²) in [6.45, 7) is 1.63. The zero-order chi connectivity index (χ0) is 27.8. The second kappa shape index (κ2) is 13.8. The summed E-state index contributed by atoms with van der Waals surface area (Å²) in [5.41, 5.74) is 2.28. The third-order valence-corrected chi connectivity index (χ3v) is 9.41. The zero-order valence-corrected chi connectivity index (χ0v) is 23.4. The number of carbonyl (C=O) groups is 2. The van der Waals surface area contributed by atoms with Crippen molar-refractivity contribution in [1.82, 2.24) is 10.2 Å². The molecule has 2 fully saturated rings. The van der Waals surface area contributed by atoms with Crippen LogP contribution >= 0.6 is 11.8 Å². The van der Waals surface area contributed by atoms with Crippen molar-refractivity contribution < 1.29 is 22.8 Å². The summed E-state index contributed by atoms with van der Waals surface area (Å²) in [7, 11) is 1.99. The number of hydrogen-bond acceptors (Lipinski definition) is 5. The largest absolute Gasteiger partial charge is 0.391 e. The van der Waals surface area contributed by atoms with Crippen molar-refractivity contribution in [3.8, 4) is 0 Å². The van der Waals surface area contributed by atoms with E-state index < -0.39 is 12.1 Å². The van der Waals surface area contributed by atoms with Crippen LogP contribution in [0.4, 0.5) is 18.9 Å². The van der Waals surface area contributed by atoms with Crippen LogP contribution in [0, 0.1) is 11.8 Å². The van der Waals surface area contributed by atoms with Crippen LogP contribution in [0.1, 0.15) is 57.8 Å². The fourth-order valence-corrected chi connectivity index (χ4v) is 6.65. The van der Waals surface area contributed by atoms with E-state index in [9.17, 15) is 22.8 Å². The average molecular weight is 565 g/mol. The van der Waals surface area contributed by atoms with Crippen LogP contribution < -0.4 is 10.2 Å². The molecule has 0 saturated heterocycles. The third kappa shape index (κ3) is 8.33. The molecule has 2 saturated carbocycles. The quantitative estimate of drug-likeness (QED) is 0.178. The van der Waals surface area contributed by atoms with Crippen LogP contribution in [-0.2, 0) is 9.59 Å². The summed E-state index contributed by atoms with van der Waals surface area (Å²) in [6, 6.07) is 10.0. The van der Waals surface area contributed by atoms with Gasteiger partial charge < -0.3 is 15.1 Å². The number of alkyl halides is 3. The second-order valence-electron chi connectivity index (χ2n) is 10.8. The van der Waals surface area contributed by atoms with Gasteiger partial charge in [0.1, 0.15) is 6.29 Å². The van der Waals surface area contributed by atoms with Gasteiger partial charge in [0.2, 0.25) is 5.91 Å². The maximum Gasteiger partial charge on any atom is 0.391 e. The van der Waals surface area contributed by atoms with Gasteiger partial charge in [-0.2, -0.15) is 13.2 Å². The van der Waals surface area contributed by atoms with Crippen LogP contribution in [0.2, 0.25) is 0 Å². The van der Waals surface area contributed by atoms with Gasteiger partial charge in [0.05, 0.1) is 18.2 Å². The number of halogens is 3. The van der Waals surface area contributed by atoms with E-state index in [1.165, 1.54) is 6.42 Å². The number of amides is 1. The molecule has 10 heteroatoms. The molecule has 1 amide bonds. The van der Waals surface area contributed by atoms with E-state index in [4.69, 9.17) is 4.99 Å². The second-order valence-corrected chi connectivity index (χ2v) is 12.1. The maximum absolute atomic E-state index is 13.1. The number of nitrogens with one attached hydrogen (secondary N) is 1. The highest BCUT2D eigenvalue weighted by atomic mass is 32.2. The smallest absolute Gasteiger partial charge is 0.338 e. The zero-order valence-electron chi connectivity index (χ0n) is 22.6. The van der Waals surface area contributed by atoms with E-state index in [-0.39, 0.29) is 37.6 Å². The number of para-hydroxylation sites is 1. The van der Waals surface area contributed by atoms with Crippen molar-refractivity contribution in [2.45, 2.75) is 69.2 Å². The molecule has 0 spiro atoms. The molecule has 6 nitrogen and oxygen atoms in total. The molecule has 1 heterocycles. The Morgan fingerprint density at radius 2 is 1.92 bits per heavy atom. The first-order valence-electron chi connectivity index (χ1n) is 14.0. The molecular formula is C29H39F3N4O2S. The number of carbonyl (C=O) groups excluding carboxylic acids is 2. The van der Waals surface area contributed by atoms with E-state index in [2.05, 4.69) is 10.2 Å². The molecule has 39 heavy (non-hydrogen) atoms. The van der Waals surface area contributed by atoms with E-state index in [1.54, 1.807) is 16.7 Å². The maximum atomic E-state index is 13.1. The lowest BCUT2D eigenvalue weighted by atomic mass is 9.81. The van der Waals surface area contributed by atoms with Gasteiger partial charge in [-0.15, -0.1) is 0 Å². The SMILES string of the molecule is CN(C(=NC1=C(C=O)CN(C(=O)CCNCC2CCCC(C(F)(F)F)C2)CC1)SC1CCC1)c1ccccc1. The highest BCUT2D eigenvalue weighted by molar-refractivity contribution is 8.14. The van der Waals surface area contributed by atoms with Crippen LogP contribution in [0.15, 0.2) is 46.6 Å². The number of nitrogens with zero attached hydrogens (tertiary/aromatic N) is 3. The van der Waals surface area contributed by atoms with Crippen LogP contribution in [0.25, 0.3) is 0 Å². The van der Waals surface area contributed by atoms with Crippen LogP contribution in [-0.4, -0.2) is 66.9 Å². The molecule has 4 rings (SSSR count). The van der Waals surface area contributed by atoms with E-state index in [0.29, 0.717) is 43.3 Å². The predicted molar refractivity (Wildman–Crippen MR) is 151 cm³/mol. The number of hydrogen-bond donors (Lipinski definition) is 1. The standard InChI is InChI=1S/C29H39F3N4O2S/c1-35(24-9-3-2-4-10-24)28(39-25-11-6-12-25)34-26-14-16-36(19-22(26)20-37)27(38)13-15-33-18-21-7-5-8-23(17-21)29(30,31)32/h2-4,9-10,20-21,23,25,33H,5-8,11-19H2,1H3. The first kappa shape index (κ1) is 29.6.